The van der Waals surface area contributed by atoms with Gasteiger partial charge >= 0.3 is 6.09 Å². The molecule has 1 aromatic heterocycles. The molecular weight excluding hydrogens is 340 g/mol. The lowest BCUT2D eigenvalue weighted by atomic mass is 9.86. The monoisotopic (exact) mass is 364 g/mol. The van der Waals surface area contributed by atoms with Crippen molar-refractivity contribution >= 4 is 16.9 Å². The Morgan fingerprint density at radius 3 is 2.37 bits per heavy atom. The fraction of sp³-hybridized carbons (Fsp3) is 0.273. The van der Waals surface area contributed by atoms with Crippen molar-refractivity contribution in [3.8, 4) is 11.3 Å². The zero-order valence-electron chi connectivity index (χ0n) is 16.1. The summed E-state index contributed by atoms with van der Waals surface area (Å²) >= 11 is 0. The van der Waals surface area contributed by atoms with Crippen molar-refractivity contribution in [3.05, 3.63) is 70.5 Å². The van der Waals surface area contributed by atoms with Gasteiger partial charge in [-0.25, -0.2) is 14.9 Å². The molecule has 5 nitrogen and oxygen atoms in total. The maximum Gasteiger partial charge on any atom is 0.426 e. The number of amides is 1. The Balaban J connectivity index is 2.18. The summed E-state index contributed by atoms with van der Waals surface area (Å²) in [5, 5.41) is 1.35. The second kappa shape index (κ2) is 7.27. The highest BCUT2D eigenvalue weighted by atomic mass is 16.6. The van der Waals surface area contributed by atoms with E-state index >= 15 is 0 Å². The molecule has 0 bridgehead atoms. The largest absolute Gasteiger partial charge is 0.449 e. The van der Waals surface area contributed by atoms with Gasteiger partial charge in [-0.15, -0.1) is 0 Å². The first-order valence-electron chi connectivity index (χ1n) is 9.01. The molecule has 0 aliphatic rings. The van der Waals surface area contributed by atoms with Crippen molar-refractivity contribution < 1.29 is 9.53 Å². The van der Waals surface area contributed by atoms with Crippen molar-refractivity contribution in [3.63, 3.8) is 0 Å². The molecule has 3 rings (SSSR count). The van der Waals surface area contributed by atoms with Crippen LogP contribution in [-0.4, -0.2) is 17.4 Å². The van der Waals surface area contributed by atoms with Gasteiger partial charge in [0.1, 0.15) is 0 Å². The van der Waals surface area contributed by atoms with Crippen LogP contribution in [0.15, 0.2) is 59.4 Å². The van der Waals surface area contributed by atoms with E-state index < -0.39 is 6.09 Å². The number of carbonyl (C=O) groups is 1. The molecule has 1 amide bonds. The van der Waals surface area contributed by atoms with Gasteiger partial charge in [0.05, 0.1) is 12.3 Å². The first kappa shape index (κ1) is 18.7. The number of pyridine rings is 1. The van der Waals surface area contributed by atoms with Crippen LogP contribution in [-0.2, 0) is 10.2 Å². The van der Waals surface area contributed by atoms with Gasteiger partial charge in [-0.3, -0.25) is 4.79 Å². The Bertz CT molecular complexity index is 1030. The van der Waals surface area contributed by atoms with Crippen LogP contribution in [0.3, 0.4) is 0 Å². The number of fused-ring (bicyclic) bond motifs is 1. The Morgan fingerprint density at radius 1 is 1.07 bits per heavy atom. The number of hydrogen-bond donors (Lipinski definition) is 1. The maximum atomic E-state index is 13.0. The van der Waals surface area contributed by atoms with Crippen LogP contribution in [0.25, 0.3) is 22.0 Å². The summed E-state index contributed by atoms with van der Waals surface area (Å²) in [6.45, 7) is 8.39. The minimum Gasteiger partial charge on any atom is -0.449 e. The van der Waals surface area contributed by atoms with Crippen LogP contribution in [0.1, 0.15) is 33.3 Å². The fourth-order valence-corrected chi connectivity index (χ4v) is 2.98. The van der Waals surface area contributed by atoms with Crippen LogP contribution >= 0.6 is 0 Å². The number of nitrogens with one attached hydrogen (secondary N) is 1. The van der Waals surface area contributed by atoms with Crippen LogP contribution < -0.4 is 11.0 Å². The van der Waals surface area contributed by atoms with E-state index in [1.54, 1.807) is 19.1 Å². The van der Waals surface area contributed by atoms with Crippen molar-refractivity contribution in [2.24, 2.45) is 0 Å². The van der Waals surface area contributed by atoms with Crippen LogP contribution in [0.4, 0.5) is 4.79 Å². The number of rotatable bonds is 3. The lowest BCUT2D eigenvalue weighted by Gasteiger charge is -2.20. The normalized spacial score (nSPS) is 11.4. The van der Waals surface area contributed by atoms with E-state index in [0.717, 1.165) is 10.9 Å². The molecule has 27 heavy (non-hydrogen) atoms. The number of benzene rings is 2. The molecule has 0 aliphatic heterocycles. The van der Waals surface area contributed by atoms with E-state index in [9.17, 15) is 9.59 Å². The zero-order valence-corrected chi connectivity index (χ0v) is 16.1. The third-order valence-corrected chi connectivity index (χ3v) is 4.45. The van der Waals surface area contributed by atoms with Gasteiger partial charge < -0.3 is 4.74 Å². The molecule has 0 saturated carbocycles. The second-order valence-electron chi connectivity index (χ2n) is 7.42. The van der Waals surface area contributed by atoms with Gasteiger partial charge in [0, 0.05) is 10.9 Å². The summed E-state index contributed by atoms with van der Waals surface area (Å²) in [5.74, 6) is 0. The van der Waals surface area contributed by atoms with Gasteiger partial charge in [0.2, 0.25) is 0 Å². The van der Waals surface area contributed by atoms with Crippen molar-refractivity contribution in [2.75, 3.05) is 12.0 Å². The van der Waals surface area contributed by atoms with Gasteiger partial charge in [0.15, 0.2) is 0 Å². The van der Waals surface area contributed by atoms with Gasteiger partial charge in [-0.05, 0) is 35.4 Å². The summed E-state index contributed by atoms with van der Waals surface area (Å²) in [6, 6.07) is 17.2. The lowest BCUT2D eigenvalue weighted by Crippen LogP contribution is -2.34. The average Bonchev–Trinajstić information content (AvgIpc) is 2.63. The molecule has 1 heterocycles. The predicted molar refractivity (Wildman–Crippen MR) is 109 cm³/mol. The van der Waals surface area contributed by atoms with Crippen molar-refractivity contribution in [1.29, 1.82) is 0 Å². The zero-order chi connectivity index (χ0) is 19.6. The van der Waals surface area contributed by atoms with Crippen molar-refractivity contribution in [2.45, 2.75) is 33.1 Å². The van der Waals surface area contributed by atoms with Crippen LogP contribution in [0.5, 0.6) is 0 Å². The first-order chi connectivity index (χ1) is 12.8. The number of nitrogens with zero attached hydrogens (tertiary/aromatic N) is 1. The van der Waals surface area contributed by atoms with E-state index in [1.165, 1.54) is 10.2 Å². The summed E-state index contributed by atoms with van der Waals surface area (Å²) in [7, 11) is 0. The quantitative estimate of drug-likeness (QED) is 0.735. The Labute approximate surface area is 158 Å². The SMILES string of the molecule is CCOC(=O)Nn1c(-c2ccc(C(C)(C)C)cc2)cc2ccccc2c1=O. The minimum absolute atomic E-state index is 0.0325. The van der Waals surface area contributed by atoms with E-state index in [0.29, 0.717) is 11.1 Å². The number of aromatic nitrogens is 1. The summed E-state index contributed by atoms with van der Waals surface area (Å²) < 4.78 is 6.21. The van der Waals surface area contributed by atoms with Crippen molar-refractivity contribution in [1.82, 2.24) is 4.68 Å². The molecular formula is C22H24N2O3. The fourth-order valence-electron chi connectivity index (χ4n) is 2.98. The highest BCUT2D eigenvalue weighted by molar-refractivity contribution is 5.87. The highest BCUT2D eigenvalue weighted by Crippen LogP contribution is 2.27. The molecule has 2 aromatic carbocycles. The molecule has 0 spiro atoms. The molecule has 0 atom stereocenters. The Kier molecular flexibility index (Phi) is 5.04. The van der Waals surface area contributed by atoms with E-state index in [-0.39, 0.29) is 17.6 Å². The molecule has 5 heteroatoms. The third-order valence-electron chi connectivity index (χ3n) is 4.45. The van der Waals surface area contributed by atoms with Gasteiger partial charge in [0.25, 0.3) is 5.56 Å². The Hall–Kier alpha value is -3.08. The van der Waals surface area contributed by atoms with E-state index in [2.05, 4.69) is 26.2 Å². The molecule has 0 fully saturated rings. The molecule has 1 N–H and O–H groups in total. The van der Waals surface area contributed by atoms with Crippen LogP contribution in [0.2, 0.25) is 0 Å². The summed E-state index contributed by atoms with van der Waals surface area (Å²) in [4.78, 5) is 25.0. The lowest BCUT2D eigenvalue weighted by molar-refractivity contribution is 0.164. The summed E-state index contributed by atoms with van der Waals surface area (Å²) in [5.41, 5.74) is 4.93. The number of hydrogen-bond acceptors (Lipinski definition) is 3. The van der Waals surface area contributed by atoms with Crippen LogP contribution in [0, 0.1) is 0 Å². The summed E-state index contributed by atoms with van der Waals surface area (Å²) in [6.07, 6.45) is -0.664. The smallest absolute Gasteiger partial charge is 0.426 e. The first-order valence-corrected chi connectivity index (χ1v) is 9.01. The molecule has 0 aliphatic carbocycles. The molecule has 0 radical (unpaired) electrons. The molecule has 140 valence electrons. The molecule has 0 unspecified atom stereocenters. The third kappa shape index (κ3) is 3.87. The van der Waals surface area contributed by atoms with Gasteiger partial charge in [-0.2, -0.15) is 0 Å². The Morgan fingerprint density at radius 2 is 1.74 bits per heavy atom. The van der Waals surface area contributed by atoms with E-state index in [4.69, 9.17) is 4.74 Å². The van der Waals surface area contributed by atoms with Gasteiger partial charge in [-0.1, -0.05) is 63.2 Å². The highest BCUT2D eigenvalue weighted by Gasteiger charge is 2.16. The van der Waals surface area contributed by atoms with E-state index in [1.807, 2.05) is 42.5 Å². The number of ether oxygens (including phenoxy) is 1. The maximum absolute atomic E-state index is 13.0. The predicted octanol–water partition coefficient (Wildman–Crippen LogP) is 4.67. The molecule has 3 aromatic rings. The molecule has 0 saturated heterocycles. The number of carbonyl (C=O) groups excluding carboxylic acids is 1. The topological polar surface area (TPSA) is 60.3 Å². The average molecular weight is 364 g/mol. The standard InChI is InChI=1S/C22H24N2O3/c1-5-27-21(26)23-24-19(14-16-8-6-7-9-18(16)20(24)25)15-10-12-17(13-11-15)22(2,3)4/h6-14H,5H2,1-4H3,(H,23,26). The minimum atomic E-state index is -0.664. The second-order valence-corrected chi connectivity index (χ2v) is 7.42.